The van der Waals surface area contributed by atoms with Gasteiger partial charge in [-0.15, -0.1) is 0 Å². The summed E-state index contributed by atoms with van der Waals surface area (Å²) in [6.45, 7) is 0. The molecule has 3 rings (SSSR count). The summed E-state index contributed by atoms with van der Waals surface area (Å²) < 4.78 is 28.1. The van der Waals surface area contributed by atoms with Crippen molar-refractivity contribution in [3.05, 3.63) is 68.4 Å². The van der Waals surface area contributed by atoms with Crippen molar-refractivity contribution in [1.82, 2.24) is 9.66 Å². The lowest BCUT2D eigenvalue weighted by Gasteiger charge is -2.09. The molecule has 118 valence electrons. The predicted octanol–water partition coefficient (Wildman–Crippen LogP) is 3.44. The molecule has 0 saturated heterocycles. The number of aromatic nitrogens is 2. The van der Waals surface area contributed by atoms with Crippen molar-refractivity contribution in [2.45, 2.75) is 10.9 Å². The number of nitrogens with two attached hydrogens (primary N) is 1. The SMILES string of the molecule is Nn1c(SCc2cc(F)cc(F)c2)nc2ccc(Br)cc2c1=O. The molecular weight excluding hydrogens is 388 g/mol. The molecule has 0 amide bonds. The van der Waals surface area contributed by atoms with E-state index in [-0.39, 0.29) is 16.5 Å². The van der Waals surface area contributed by atoms with Gasteiger partial charge < -0.3 is 5.84 Å². The van der Waals surface area contributed by atoms with E-state index in [2.05, 4.69) is 20.9 Å². The third-order valence-electron chi connectivity index (χ3n) is 3.12. The molecule has 2 aromatic carbocycles. The molecular formula is C15H10BrF2N3OS. The number of rotatable bonds is 3. The fourth-order valence-electron chi connectivity index (χ4n) is 2.09. The van der Waals surface area contributed by atoms with E-state index >= 15 is 0 Å². The first kappa shape index (κ1) is 15.9. The van der Waals surface area contributed by atoms with Crippen molar-refractivity contribution in [1.29, 1.82) is 0 Å². The Kier molecular flexibility index (Phi) is 4.36. The fourth-order valence-corrected chi connectivity index (χ4v) is 3.30. The van der Waals surface area contributed by atoms with Gasteiger partial charge >= 0.3 is 0 Å². The molecule has 3 aromatic rings. The number of hydrogen-bond acceptors (Lipinski definition) is 4. The quantitative estimate of drug-likeness (QED) is 0.417. The van der Waals surface area contributed by atoms with Gasteiger partial charge in [0.05, 0.1) is 10.9 Å². The highest BCUT2D eigenvalue weighted by Gasteiger charge is 2.11. The molecule has 0 saturated carbocycles. The number of nitrogens with zero attached hydrogens (tertiary/aromatic N) is 2. The Morgan fingerprint density at radius 1 is 1.17 bits per heavy atom. The summed E-state index contributed by atoms with van der Waals surface area (Å²) in [5.41, 5.74) is 0.565. The van der Waals surface area contributed by atoms with Gasteiger partial charge in [0.1, 0.15) is 11.6 Å². The largest absolute Gasteiger partial charge is 0.334 e. The summed E-state index contributed by atoms with van der Waals surface area (Å²) in [4.78, 5) is 16.6. The third-order valence-corrected chi connectivity index (χ3v) is 4.64. The van der Waals surface area contributed by atoms with Crippen LogP contribution in [0.4, 0.5) is 8.78 Å². The average molecular weight is 398 g/mol. The van der Waals surface area contributed by atoms with E-state index in [9.17, 15) is 13.6 Å². The van der Waals surface area contributed by atoms with Gasteiger partial charge in [-0.2, -0.15) is 0 Å². The molecule has 0 aliphatic carbocycles. The molecule has 0 radical (unpaired) electrons. The van der Waals surface area contributed by atoms with E-state index in [1.807, 2.05) is 0 Å². The van der Waals surface area contributed by atoms with Crippen molar-refractivity contribution < 1.29 is 8.78 Å². The Hall–Kier alpha value is -1.93. The lowest BCUT2D eigenvalue weighted by atomic mass is 10.2. The average Bonchev–Trinajstić information content (AvgIpc) is 2.49. The van der Waals surface area contributed by atoms with Crippen LogP contribution in [0.3, 0.4) is 0 Å². The first-order chi connectivity index (χ1) is 10.9. The zero-order chi connectivity index (χ0) is 16.6. The normalized spacial score (nSPS) is 11.1. The maximum absolute atomic E-state index is 13.2. The highest BCUT2D eigenvalue weighted by molar-refractivity contribution is 9.10. The molecule has 4 nitrogen and oxygen atoms in total. The molecule has 2 N–H and O–H groups in total. The van der Waals surface area contributed by atoms with E-state index in [1.165, 1.54) is 12.1 Å². The Bertz CT molecular complexity index is 941. The smallest absolute Gasteiger partial charge is 0.280 e. The van der Waals surface area contributed by atoms with Crippen LogP contribution < -0.4 is 11.4 Å². The summed E-state index contributed by atoms with van der Waals surface area (Å²) in [5.74, 6) is 4.71. The number of thioether (sulfide) groups is 1. The number of benzene rings is 2. The van der Waals surface area contributed by atoms with Gasteiger partial charge in [0.25, 0.3) is 5.56 Å². The molecule has 8 heteroatoms. The van der Waals surface area contributed by atoms with Crippen LogP contribution >= 0.6 is 27.7 Å². The van der Waals surface area contributed by atoms with Gasteiger partial charge in [-0.25, -0.2) is 18.4 Å². The summed E-state index contributed by atoms with van der Waals surface area (Å²) >= 11 is 4.42. The molecule has 0 aliphatic rings. The predicted molar refractivity (Wildman–Crippen MR) is 89.8 cm³/mol. The second-order valence-corrected chi connectivity index (χ2v) is 6.66. The van der Waals surface area contributed by atoms with E-state index in [1.54, 1.807) is 18.2 Å². The van der Waals surface area contributed by atoms with Crippen LogP contribution in [0, 0.1) is 11.6 Å². The zero-order valence-corrected chi connectivity index (χ0v) is 14.0. The molecule has 0 spiro atoms. The minimum atomic E-state index is -0.651. The van der Waals surface area contributed by atoms with Crippen LogP contribution in [0.5, 0.6) is 0 Å². The van der Waals surface area contributed by atoms with E-state index in [0.717, 1.165) is 27.0 Å². The fraction of sp³-hybridized carbons (Fsp3) is 0.0667. The van der Waals surface area contributed by atoms with Gasteiger partial charge in [0.2, 0.25) is 0 Å². The summed E-state index contributed by atoms with van der Waals surface area (Å²) in [6.07, 6.45) is 0. The van der Waals surface area contributed by atoms with Gasteiger partial charge in [-0.05, 0) is 35.9 Å². The molecule has 0 aliphatic heterocycles. The van der Waals surface area contributed by atoms with Crippen LogP contribution in [-0.4, -0.2) is 9.66 Å². The number of hydrogen-bond donors (Lipinski definition) is 1. The van der Waals surface area contributed by atoms with E-state index in [0.29, 0.717) is 16.5 Å². The lowest BCUT2D eigenvalue weighted by molar-refractivity contribution is 0.581. The summed E-state index contributed by atoms with van der Waals surface area (Å²) in [7, 11) is 0. The standard InChI is InChI=1S/C15H10BrF2N3OS/c16-9-1-2-13-12(5-9)14(22)21(19)15(20-13)23-7-8-3-10(17)6-11(18)4-8/h1-6H,7,19H2. The monoisotopic (exact) mass is 397 g/mol. The van der Waals surface area contributed by atoms with Crippen molar-refractivity contribution in [3.63, 3.8) is 0 Å². The van der Waals surface area contributed by atoms with Crippen LogP contribution in [0.1, 0.15) is 5.56 Å². The Morgan fingerprint density at radius 2 is 1.87 bits per heavy atom. The first-order valence-electron chi connectivity index (χ1n) is 6.49. The van der Waals surface area contributed by atoms with Crippen LogP contribution in [-0.2, 0) is 5.75 Å². The molecule has 0 atom stereocenters. The summed E-state index contributed by atoms with van der Waals surface area (Å²) in [5, 5.41) is 0.664. The summed E-state index contributed by atoms with van der Waals surface area (Å²) in [6, 6.07) is 8.38. The topological polar surface area (TPSA) is 60.9 Å². The third kappa shape index (κ3) is 3.37. The number of nitrogen functional groups attached to an aromatic ring is 1. The molecule has 1 aromatic heterocycles. The van der Waals surface area contributed by atoms with Crippen LogP contribution in [0.2, 0.25) is 0 Å². The van der Waals surface area contributed by atoms with Crippen molar-refractivity contribution in [2.75, 3.05) is 5.84 Å². The Balaban J connectivity index is 1.95. The van der Waals surface area contributed by atoms with Crippen molar-refractivity contribution in [3.8, 4) is 0 Å². The second-order valence-electron chi connectivity index (χ2n) is 4.80. The van der Waals surface area contributed by atoms with Gasteiger partial charge in [0.15, 0.2) is 5.16 Å². The maximum Gasteiger partial charge on any atom is 0.280 e. The van der Waals surface area contributed by atoms with Gasteiger partial charge in [-0.3, -0.25) is 4.79 Å². The lowest BCUT2D eigenvalue weighted by Crippen LogP contribution is -2.29. The molecule has 0 unspecified atom stereocenters. The number of fused-ring (bicyclic) bond motifs is 1. The van der Waals surface area contributed by atoms with Gasteiger partial charge in [0, 0.05) is 16.3 Å². The minimum Gasteiger partial charge on any atom is -0.334 e. The Labute approximate surface area is 142 Å². The number of halogens is 3. The Morgan fingerprint density at radius 3 is 2.57 bits per heavy atom. The van der Waals surface area contributed by atoms with E-state index in [4.69, 9.17) is 5.84 Å². The highest BCUT2D eigenvalue weighted by Crippen LogP contribution is 2.23. The van der Waals surface area contributed by atoms with Gasteiger partial charge in [-0.1, -0.05) is 27.7 Å². The van der Waals surface area contributed by atoms with Crippen molar-refractivity contribution >= 4 is 38.6 Å². The highest BCUT2D eigenvalue weighted by atomic mass is 79.9. The molecule has 0 bridgehead atoms. The van der Waals surface area contributed by atoms with Crippen LogP contribution in [0.15, 0.2) is 50.8 Å². The van der Waals surface area contributed by atoms with E-state index < -0.39 is 11.6 Å². The maximum atomic E-state index is 13.2. The second kappa shape index (κ2) is 6.29. The molecule has 1 heterocycles. The van der Waals surface area contributed by atoms with Crippen molar-refractivity contribution in [2.24, 2.45) is 0 Å². The molecule has 23 heavy (non-hydrogen) atoms. The minimum absolute atomic E-state index is 0.236. The molecule has 0 fully saturated rings. The van der Waals surface area contributed by atoms with Crippen LogP contribution in [0.25, 0.3) is 10.9 Å². The first-order valence-corrected chi connectivity index (χ1v) is 8.27. The zero-order valence-electron chi connectivity index (χ0n) is 11.6.